The van der Waals surface area contributed by atoms with E-state index in [1.54, 1.807) is 40.8 Å². The van der Waals surface area contributed by atoms with E-state index in [0.29, 0.717) is 42.3 Å². The van der Waals surface area contributed by atoms with Gasteiger partial charge in [-0.1, -0.05) is 37.3 Å². The van der Waals surface area contributed by atoms with Crippen LogP contribution in [-0.2, 0) is 12.8 Å². The first-order chi connectivity index (χ1) is 18.4. The number of hydrogen-bond donors (Lipinski definition) is 1. The van der Waals surface area contributed by atoms with E-state index in [4.69, 9.17) is 10.5 Å². The molecule has 1 fully saturated rings. The van der Waals surface area contributed by atoms with E-state index in [1.807, 2.05) is 47.8 Å². The number of Topliss-reactive ketones (excluding diaryl/α,β-unsaturated/α-hetero) is 1. The Balaban J connectivity index is 1.16. The van der Waals surface area contributed by atoms with Crippen LogP contribution in [0.5, 0.6) is 5.75 Å². The average Bonchev–Trinajstić information content (AvgIpc) is 3.46. The number of benzene rings is 2. The van der Waals surface area contributed by atoms with Crippen LogP contribution < -0.4 is 10.5 Å². The fourth-order valence-corrected chi connectivity index (χ4v) is 5.39. The summed E-state index contributed by atoms with van der Waals surface area (Å²) in [6, 6.07) is 19.0. The van der Waals surface area contributed by atoms with Crippen LogP contribution in [0.15, 0.2) is 78.4 Å². The number of thiophene rings is 1. The molecule has 0 radical (unpaired) electrons. The molecule has 0 atom stereocenters. The maximum Gasteiger partial charge on any atom is 0.415 e. The number of amides is 1. The summed E-state index contributed by atoms with van der Waals surface area (Å²) in [6.45, 7) is 3.42. The van der Waals surface area contributed by atoms with Gasteiger partial charge in [0.25, 0.3) is 0 Å². The maximum atomic E-state index is 13.0. The second-order valence-corrected chi connectivity index (χ2v) is 11.0. The largest absolute Gasteiger partial charge is 0.415 e. The summed E-state index contributed by atoms with van der Waals surface area (Å²) in [7, 11) is 0. The molecule has 7 nitrogen and oxygen atoms in total. The van der Waals surface area contributed by atoms with E-state index in [2.05, 4.69) is 23.0 Å². The fourth-order valence-electron chi connectivity index (χ4n) is 4.66. The Kier molecular flexibility index (Phi) is 7.51. The average molecular weight is 527 g/mol. The smallest absolute Gasteiger partial charge is 0.410 e. The molecular formula is C30H30N4O3S. The fraction of sp³-hybridized carbons (Fsp3) is 0.267. The molecule has 4 aromatic rings. The Morgan fingerprint density at radius 1 is 1.03 bits per heavy atom. The SMILES string of the molecule is CC1(Cc2ncc(C(=O)Cc3cc(-c4cccs4)ccc3N)cn2)CCN(C(=O)Oc2ccccc2)CC1. The molecule has 2 aromatic heterocycles. The van der Waals surface area contributed by atoms with Gasteiger partial charge < -0.3 is 15.4 Å². The van der Waals surface area contributed by atoms with Gasteiger partial charge in [0.1, 0.15) is 11.6 Å². The van der Waals surface area contributed by atoms with Crippen molar-refractivity contribution >= 4 is 28.9 Å². The predicted molar refractivity (Wildman–Crippen MR) is 149 cm³/mol. The number of nitrogens with two attached hydrogens (primary N) is 1. The second-order valence-electron chi connectivity index (χ2n) is 10.0. The second kappa shape index (κ2) is 11.1. The van der Waals surface area contributed by atoms with Crippen molar-refractivity contribution in [2.75, 3.05) is 18.8 Å². The van der Waals surface area contributed by atoms with E-state index < -0.39 is 0 Å². The van der Waals surface area contributed by atoms with Crippen molar-refractivity contribution in [2.45, 2.75) is 32.6 Å². The summed E-state index contributed by atoms with van der Waals surface area (Å²) in [5.74, 6) is 1.18. The van der Waals surface area contributed by atoms with E-state index in [0.717, 1.165) is 28.8 Å². The van der Waals surface area contributed by atoms with Crippen molar-refractivity contribution in [1.82, 2.24) is 14.9 Å². The summed E-state index contributed by atoms with van der Waals surface area (Å²) in [5.41, 5.74) is 9.05. The van der Waals surface area contributed by atoms with E-state index in [1.165, 1.54) is 0 Å². The minimum atomic E-state index is -0.320. The highest BCUT2D eigenvalue weighted by molar-refractivity contribution is 7.13. The molecule has 0 spiro atoms. The number of anilines is 1. The zero-order valence-corrected chi connectivity index (χ0v) is 22.1. The Bertz CT molecular complexity index is 1400. The molecule has 1 aliphatic heterocycles. The number of likely N-dealkylation sites (tertiary alicyclic amines) is 1. The molecule has 1 saturated heterocycles. The van der Waals surface area contributed by atoms with E-state index in [-0.39, 0.29) is 23.7 Å². The van der Waals surface area contributed by atoms with Crippen molar-refractivity contribution in [3.63, 3.8) is 0 Å². The number of para-hydroxylation sites is 1. The van der Waals surface area contributed by atoms with Gasteiger partial charge in [0, 0.05) is 48.9 Å². The molecule has 1 aliphatic rings. The Labute approximate surface area is 226 Å². The molecule has 194 valence electrons. The van der Waals surface area contributed by atoms with Crippen molar-refractivity contribution < 1.29 is 14.3 Å². The minimum absolute atomic E-state index is 0.0360. The molecule has 2 aromatic carbocycles. The van der Waals surface area contributed by atoms with Gasteiger partial charge in [-0.25, -0.2) is 14.8 Å². The molecule has 3 heterocycles. The number of piperidine rings is 1. The minimum Gasteiger partial charge on any atom is -0.410 e. The molecule has 0 saturated carbocycles. The lowest BCUT2D eigenvalue weighted by Crippen LogP contribution is -2.44. The van der Waals surface area contributed by atoms with E-state index >= 15 is 0 Å². The van der Waals surface area contributed by atoms with Crippen LogP contribution in [-0.4, -0.2) is 39.8 Å². The normalized spacial score (nSPS) is 14.7. The van der Waals surface area contributed by atoms with Crippen LogP contribution in [0.1, 0.15) is 41.5 Å². The zero-order chi connectivity index (χ0) is 26.5. The van der Waals surface area contributed by atoms with Gasteiger partial charge in [-0.05, 0) is 65.1 Å². The molecule has 0 bridgehead atoms. The number of rotatable bonds is 7. The number of aromatic nitrogens is 2. The van der Waals surface area contributed by atoms with Gasteiger partial charge in [-0.3, -0.25) is 4.79 Å². The Morgan fingerprint density at radius 2 is 1.76 bits per heavy atom. The molecule has 0 aliphatic carbocycles. The lowest BCUT2D eigenvalue weighted by molar-refractivity contribution is 0.0992. The first kappa shape index (κ1) is 25.6. The van der Waals surface area contributed by atoms with Gasteiger partial charge >= 0.3 is 6.09 Å². The topological polar surface area (TPSA) is 98.4 Å². The first-order valence-corrected chi connectivity index (χ1v) is 13.5. The summed E-state index contributed by atoms with van der Waals surface area (Å²) >= 11 is 1.65. The Morgan fingerprint density at radius 3 is 2.45 bits per heavy atom. The van der Waals surface area contributed by atoms with Gasteiger partial charge in [0.2, 0.25) is 0 Å². The number of carbonyl (C=O) groups is 2. The maximum absolute atomic E-state index is 13.0. The van der Waals surface area contributed by atoms with Gasteiger partial charge in [0.15, 0.2) is 5.78 Å². The van der Waals surface area contributed by atoms with Crippen LogP contribution in [0.25, 0.3) is 10.4 Å². The third-order valence-electron chi connectivity index (χ3n) is 7.09. The number of hydrogen-bond acceptors (Lipinski definition) is 7. The third kappa shape index (κ3) is 6.08. The van der Waals surface area contributed by atoms with Crippen LogP contribution >= 0.6 is 11.3 Å². The standard InChI is InChI=1S/C30H30N4O3S/c1-30(11-13-34(14-12-30)29(36)37-24-6-3-2-4-7-24)18-28-32-19-23(20-33-28)26(35)17-22-16-21(9-10-25(22)31)27-8-5-15-38-27/h2-10,15-16,19-20H,11-14,17-18,31H2,1H3. The number of ether oxygens (including phenoxy) is 1. The quantitative estimate of drug-likeness (QED) is 0.232. The third-order valence-corrected chi connectivity index (χ3v) is 8.01. The highest BCUT2D eigenvalue weighted by Crippen LogP contribution is 2.34. The van der Waals surface area contributed by atoms with Gasteiger partial charge in [-0.15, -0.1) is 11.3 Å². The molecule has 38 heavy (non-hydrogen) atoms. The Hall–Kier alpha value is -4.04. The van der Waals surface area contributed by atoms with Gasteiger partial charge in [0.05, 0.1) is 5.56 Å². The molecule has 8 heteroatoms. The summed E-state index contributed by atoms with van der Waals surface area (Å²) < 4.78 is 5.47. The van der Waals surface area contributed by atoms with Crippen molar-refractivity contribution in [2.24, 2.45) is 5.41 Å². The first-order valence-electron chi connectivity index (χ1n) is 12.7. The summed E-state index contributed by atoms with van der Waals surface area (Å²) in [5, 5.41) is 2.03. The molecule has 5 rings (SSSR count). The summed E-state index contributed by atoms with van der Waals surface area (Å²) in [6.07, 6.45) is 5.42. The molecule has 1 amide bonds. The lowest BCUT2D eigenvalue weighted by Gasteiger charge is -2.38. The van der Waals surface area contributed by atoms with Gasteiger partial charge in [-0.2, -0.15) is 0 Å². The highest BCUT2D eigenvalue weighted by Gasteiger charge is 2.33. The van der Waals surface area contributed by atoms with E-state index in [9.17, 15) is 9.59 Å². The molecular weight excluding hydrogens is 496 g/mol. The van der Waals surface area contributed by atoms with Crippen LogP contribution in [0.3, 0.4) is 0 Å². The predicted octanol–water partition coefficient (Wildman–Crippen LogP) is 6.06. The number of nitrogens with zero attached hydrogens (tertiary/aromatic N) is 3. The summed E-state index contributed by atoms with van der Waals surface area (Å²) in [4.78, 5) is 37.4. The van der Waals surface area contributed by atoms with Crippen molar-refractivity contribution in [3.05, 3.63) is 95.4 Å². The zero-order valence-electron chi connectivity index (χ0n) is 21.3. The van der Waals surface area contributed by atoms with Crippen LogP contribution in [0.2, 0.25) is 0 Å². The van der Waals surface area contributed by atoms with Crippen molar-refractivity contribution in [1.29, 1.82) is 0 Å². The lowest BCUT2D eigenvalue weighted by atomic mass is 9.77. The van der Waals surface area contributed by atoms with Crippen molar-refractivity contribution in [3.8, 4) is 16.2 Å². The number of ketones is 1. The van der Waals surface area contributed by atoms with Crippen LogP contribution in [0.4, 0.5) is 10.5 Å². The number of nitrogen functional groups attached to an aromatic ring is 1. The highest BCUT2D eigenvalue weighted by atomic mass is 32.1. The number of carbonyl (C=O) groups excluding carboxylic acids is 2. The van der Waals surface area contributed by atoms with Crippen LogP contribution in [0, 0.1) is 5.41 Å². The monoisotopic (exact) mass is 526 g/mol. The molecule has 2 N–H and O–H groups in total. The molecule has 0 unspecified atom stereocenters.